The molecule has 70 valence electrons. The molecule has 0 spiro atoms. The lowest BCUT2D eigenvalue weighted by Gasteiger charge is -2.13. The summed E-state index contributed by atoms with van der Waals surface area (Å²) in [6, 6.07) is -1.30. The van der Waals surface area contributed by atoms with Crippen LogP contribution in [0.5, 0.6) is 0 Å². The minimum absolute atomic E-state index is 0.400. The Hall–Kier alpha value is -1.20. The Labute approximate surface area is 67.6 Å². The summed E-state index contributed by atoms with van der Waals surface area (Å²) in [4.78, 5) is 20.6. The van der Waals surface area contributed by atoms with Gasteiger partial charge in [0.05, 0.1) is 0 Å². The van der Waals surface area contributed by atoms with Crippen molar-refractivity contribution in [3.63, 3.8) is 0 Å². The number of halogens is 2. The Morgan fingerprint density at radius 1 is 1.50 bits per heavy atom. The molecule has 0 bridgehead atoms. The number of aliphatic carboxylic acids is 1. The lowest BCUT2D eigenvalue weighted by molar-refractivity contribution is -0.149. The van der Waals surface area contributed by atoms with E-state index >= 15 is 0 Å². The summed E-state index contributed by atoms with van der Waals surface area (Å²) < 4.78 is 24.3. The highest BCUT2D eigenvalue weighted by atomic mass is 19.3. The van der Waals surface area contributed by atoms with Crippen LogP contribution in [0.25, 0.3) is 0 Å². The molecule has 0 rings (SSSR count). The zero-order valence-corrected chi connectivity index (χ0v) is 6.60. The number of carboxylic acid groups (broad SMARTS) is 1. The molecule has 0 aromatic heterocycles. The maximum atomic E-state index is 12.1. The van der Waals surface area contributed by atoms with Gasteiger partial charge in [-0.25, -0.2) is 0 Å². The number of nitrogens with one attached hydrogen (secondary N) is 1. The van der Waals surface area contributed by atoms with Gasteiger partial charge in [-0.2, -0.15) is 8.78 Å². The molecule has 0 aliphatic rings. The van der Waals surface area contributed by atoms with Crippen molar-refractivity contribution in [3.05, 3.63) is 0 Å². The lowest BCUT2D eigenvalue weighted by atomic mass is 10.3. The molecule has 0 heterocycles. The average Bonchev–Trinajstić information content (AvgIpc) is 1.85. The number of amides is 1. The lowest BCUT2D eigenvalue weighted by Crippen LogP contribution is -2.45. The number of hydrogen-bond donors (Lipinski definition) is 2. The predicted molar refractivity (Wildman–Crippen MR) is 35.9 cm³/mol. The molecule has 0 aromatic carbocycles. The van der Waals surface area contributed by atoms with Gasteiger partial charge in [-0.15, -0.1) is 0 Å². The van der Waals surface area contributed by atoms with Crippen LogP contribution >= 0.6 is 0 Å². The van der Waals surface area contributed by atoms with Crippen LogP contribution in [0.2, 0.25) is 0 Å². The van der Waals surface area contributed by atoms with E-state index in [0.717, 1.165) is 6.92 Å². The van der Waals surface area contributed by atoms with Gasteiger partial charge in [-0.1, -0.05) is 0 Å². The third kappa shape index (κ3) is 3.27. The zero-order valence-electron chi connectivity index (χ0n) is 6.60. The molecule has 12 heavy (non-hydrogen) atoms. The molecule has 2 N–H and O–H groups in total. The van der Waals surface area contributed by atoms with Gasteiger partial charge < -0.3 is 10.4 Å². The molecule has 0 unspecified atom stereocenters. The van der Waals surface area contributed by atoms with Crippen LogP contribution in [0.1, 0.15) is 13.8 Å². The van der Waals surface area contributed by atoms with Crippen LogP contribution in [0.15, 0.2) is 0 Å². The molecule has 0 aliphatic heterocycles. The molecular weight excluding hydrogens is 172 g/mol. The topological polar surface area (TPSA) is 66.4 Å². The maximum absolute atomic E-state index is 12.1. The van der Waals surface area contributed by atoms with E-state index in [1.165, 1.54) is 0 Å². The minimum atomic E-state index is -3.54. The first-order chi connectivity index (χ1) is 5.25. The Bertz CT molecular complexity index is 199. The first-order valence-corrected chi connectivity index (χ1v) is 3.16. The molecule has 1 amide bonds. The summed E-state index contributed by atoms with van der Waals surface area (Å²) in [6.45, 7) is 1.50. The van der Waals surface area contributed by atoms with E-state index in [-0.39, 0.29) is 0 Å². The molecule has 0 radical (unpaired) electrons. The largest absolute Gasteiger partial charge is 0.480 e. The number of rotatable bonds is 3. The second-order valence-corrected chi connectivity index (χ2v) is 2.42. The van der Waals surface area contributed by atoms with E-state index in [4.69, 9.17) is 5.11 Å². The molecule has 0 saturated carbocycles. The highest BCUT2D eigenvalue weighted by Gasteiger charge is 2.33. The fraction of sp³-hybridized carbons (Fsp3) is 0.667. The first-order valence-electron chi connectivity index (χ1n) is 3.16. The molecule has 0 aliphatic carbocycles. The summed E-state index contributed by atoms with van der Waals surface area (Å²) >= 11 is 0. The Balaban J connectivity index is 4.11. The van der Waals surface area contributed by atoms with Gasteiger partial charge >= 0.3 is 11.9 Å². The third-order valence-corrected chi connectivity index (χ3v) is 1.12. The Morgan fingerprint density at radius 2 is 1.92 bits per heavy atom. The van der Waals surface area contributed by atoms with E-state index in [2.05, 4.69) is 0 Å². The molecule has 0 saturated heterocycles. The van der Waals surface area contributed by atoms with Gasteiger partial charge in [0.15, 0.2) is 0 Å². The highest BCUT2D eigenvalue weighted by molar-refractivity contribution is 5.87. The fourth-order valence-electron chi connectivity index (χ4n) is 0.385. The maximum Gasteiger partial charge on any atom is 0.325 e. The molecule has 4 nitrogen and oxygen atoms in total. The van der Waals surface area contributed by atoms with E-state index in [0.29, 0.717) is 6.92 Å². The molecule has 1 atom stereocenters. The van der Waals surface area contributed by atoms with Gasteiger partial charge in [-0.05, 0) is 6.92 Å². The van der Waals surface area contributed by atoms with Crippen LogP contribution in [0, 0.1) is 0 Å². The van der Waals surface area contributed by atoms with Crippen LogP contribution in [-0.2, 0) is 9.59 Å². The van der Waals surface area contributed by atoms with Gasteiger partial charge in [0.1, 0.15) is 6.04 Å². The minimum Gasteiger partial charge on any atom is -0.480 e. The van der Waals surface area contributed by atoms with Crippen molar-refractivity contribution in [3.8, 4) is 0 Å². The van der Waals surface area contributed by atoms with E-state index < -0.39 is 23.8 Å². The number of carbonyl (C=O) groups excluding carboxylic acids is 1. The number of hydrogen-bond acceptors (Lipinski definition) is 2. The van der Waals surface area contributed by atoms with Crippen molar-refractivity contribution < 1.29 is 23.5 Å². The first kappa shape index (κ1) is 10.8. The van der Waals surface area contributed by atoms with Crippen LogP contribution in [0.4, 0.5) is 8.78 Å². The van der Waals surface area contributed by atoms with E-state index in [1.807, 2.05) is 0 Å². The highest BCUT2D eigenvalue weighted by Crippen LogP contribution is 2.11. The van der Waals surface area contributed by atoms with Crippen molar-refractivity contribution in [1.29, 1.82) is 0 Å². The van der Waals surface area contributed by atoms with Crippen LogP contribution in [0.3, 0.4) is 0 Å². The zero-order chi connectivity index (χ0) is 9.94. The third-order valence-electron chi connectivity index (χ3n) is 1.12. The van der Waals surface area contributed by atoms with Gasteiger partial charge in [0.25, 0.3) is 5.91 Å². The van der Waals surface area contributed by atoms with Crippen LogP contribution in [-0.4, -0.2) is 28.9 Å². The van der Waals surface area contributed by atoms with Crippen molar-refractivity contribution in [2.75, 3.05) is 0 Å². The Kier molecular flexibility index (Phi) is 3.12. The van der Waals surface area contributed by atoms with Crippen molar-refractivity contribution in [2.24, 2.45) is 0 Å². The number of carboxylic acids is 1. The summed E-state index contributed by atoms with van der Waals surface area (Å²) in [5.41, 5.74) is 0. The summed E-state index contributed by atoms with van der Waals surface area (Å²) in [6.07, 6.45) is 0. The number of alkyl halides is 2. The van der Waals surface area contributed by atoms with Crippen molar-refractivity contribution in [2.45, 2.75) is 25.8 Å². The van der Waals surface area contributed by atoms with Gasteiger partial charge in [0, 0.05) is 6.92 Å². The molecule has 0 aromatic rings. The predicted octanol–water partition coefficient (Wildman–Crippen LogP) is 0.231. The Morgan fingerprint density at radius 3 is 2.17 bits per heavy atom. The van der Waals surface area contributed by atoms with Crippen molar-refractivity contribution in [1.82, 2.24) is 5.32 Å². The molecule has 0 fully saturated rings. The summed E-state index contributed by atoms with van der Waals surface area (Å²) in [5, 5.41) is 9.87. The number of carbonyl (C=O) groups is 2. The second kappa shape index (κ2) is 3.46. The summed E-state index contributed by atoms with van der Waals surface area (Å²) in [5.74, 6) is -6.48. The van der Waals surface area contributed by atoms with E-state index in [1.54, 1.807) is 5.32 Å². The molecular formula is C6H9F2NO3. The van der Waals surface area contributed by atoms with Gasteiger partial charge in [-0.3, -0.25) is 9.59 Å². The van der Waals surface area contributed by atoms with Gasteiger partial charge in [0.2, 0.25) is 0 Å². The molecule has 6 heteroatoms. The SMILES string of the molecule is C[C@H](NC(=O)C(C)(F)F)C(=O)O. The van der Waals surface area contributed by atoms with Crippen molar-refractivity contribution >= 4 is 11.9 Å². The normalized spacial score (nSPS) is 13.7. The smallest absolute Gasteiger partial charge is 0.325 e. The standard InChI is InChI=1S/C6H9F2NO3/c1-3(4(10)11)9-5(12)6(2,7)8/h3H,1-2H3,(H,9,12)(H,10,11)/t3-/m0/s1. The summed E-state index contributed by atoms with van der Waals surface area (Å²) in [7, 11) is 0. The quantitative estimate of drug-likeness (QED) is 0.655. The monoisotopic (exact) mass is 181 g/mol. The second-order valence-electron chi connectivity index (χ2n) is 2.42. The average molecular weight is 181 g/mol. The van der Waals surface area contributed by atoms with E-state index in [9.17, 15) is 18.4 Å². The van der Waals surface area contributed by atoms with Crippen LogP contribution < -0.4 is 5.32 Å². The fourth-order valence-corrected chi connectivity index (χ4v) is 0.385.